The first-order chi connectivity index (χ1) is 12.4. The molecule has 1 aromatic heterocycles. The molecule has 3 rings (SSSR count). The Morgan fingerprint density at radius 1 is 1.00 bits per heavy atom. The van der Waals surface area contributed by atoms with Crippen molar-refractivity contribution in [2.24, 2.45) is 0 Å². The first kappa shape index (κ1) is 17.8. The van der Waals surface area contributed by atoms with Gasteiger partial charge in [-0.05, 0) is 50.2 Å². The largest absolute Gasteiger partial charge is 0.493 e. The van der Waals surface area contributed by atoms with Crippen molar-refractivity contribution < 1.29 is 22.4 Å². The normalized spacial score (nSPS) is 11.2. The van der Waals surface area contributed by atoms with E-state index in [-0.39, 0.29) is 10.7 Å². The van der Waals surface area contributed by atoms with Crippen LogP contribution in [-0.4, -0.2) is 20.7 Å². The third-order valence-electron chi connectivity index (χ3n) is 3.64. The minimum atomic E-state index is -3.78. The Balaban J connectivity index is 1.78. The Morgan fingerprint density at radius 2 is 1.65 bits per heavy atom. The lowest BCUT2D eigenvalue weighted by Gasteiger charge is -2.11. The molecule has 136 valence electrons. The van der Waals surface area contributed by atoms with E-state index in [4.69, 9.17) is 14.0 Å². The second-order valence-corrected chi connectivity index (χ2v) is 7.16. The molecule has 26 heavy (non-hydrogen) atoms. The minimum Gasteiger partial charge on any atom is -0.493 e. The van der Waals surface area contributed by atoms with Gasteiger partial charge < -0.3 is 14.0 Å². The summed E-state index contributed by atoms with van der Waals surface area (Å²) < 4.78 is 43.5. The van der Waals surface area contributed by atoms with Gasteiger partial charge in [0.05, 0.1) is 7.11 Å². The summed E-state index contributed by atoms with van der Waals surface area (Å²) in [4.78, 5) is 0.0480. The van der Waals surface area contributed by atoms with Crippen LogP contribution in [0.3, 0.4) is 0 Å². The Bertz CT molecular complexity index is 991. The number of aromatic nitrogens is 1. The maximum atomic E-state index is 12.5. The van der Waals surface area contributed by atoms with Crippen LogP contribution in [0, 0.1) is 13.8 Å². The fraction of sp³-hybridized carbons (Fsp3) is 0.167. The number of anilines is 1. The number of benzene rings is 2. The number of sulfonamides is 1. The van der Waals surface area contributed by atoms with E-state index in [0.717, 1.165) is 0 Å². The molecule has 0 fully saturated rings. The van der Waals surface area contributed by atoms with Crippen molar-refractivity contribution in [2.75, 3.05) is 11.8 Å². The molecule has 7 nitrogen and oxygen atoms in total. The first-order valence-electron chi connectivity index (χ1n) is 7.77. The highest BCUT2D eigenvalue weighted by molar-refractivity contribution is 7.92. The van der Waals surface area contributed by atoms with Gasteiger partial charge in [-0.15, -0.1) is 0 Å². The standard InChI is InChI=1S/C18H18N2O5S/c1-12-18(13(2)25-19-12)26(21,22)20-14-8-10-15(11-9-14)24-17-7-5-4-6-16(17)23-3/h4-11,20H,1-3H3. The van der Waals surface area contributed by atoms with Crippen molar-refractivity contribution in [3.8, 4) is 17.2 Å². The quantitative estimate of drug-likeness (QED) is 0.704. The van der Waals surface area contributed by atoms with Crippen LogP contribution in [0.4, 0.5) is 5.69 Å². The number of rotatable bonds is 6. The van der Waals surface area contributed by atoms with E-state index >= 15 is 0 Å². The van der Waals surface area contributed by atoms with Crippen molar-refractivity contribution in [2.45, 2.75) is 18.7 Å². The maximum Gasteiger partial charge on any atom is 0.267 e. The second kappa shape index (κ2) is 7.09. The Morgan fingerprint density at radius 3 is 2.23 bits per heavy atom. The molecule has 0 aliphatic rings. The molecule has 0 radical (unpaired) electrons. The molecule has 0 spiro atoms. The number of nitrogens with zero attached hydrogens (tertiary/aromatic N) is 1. The summed E-state index contributed by atoms with van der Waals surface area (Å²) >= 11 is 0. The molecule has 8 heteroatoms. The maximum absolute atomic E-state index is 12.5. The van der Waals surface area contributed by atoms with Crippen LogP contribution in [0.25, 0.3) is 0 Å². The molecule has 0 saturated heterocycles. The molecule has 1 N–H and O–H groups in total. The summed E-state index contributed by atoms with van der Waals surface area (Å²) in [5.41, 5.74) is 0.712. The third-order valence-corrected chi connectivity index (χ3v) is 5.26. The minimum absolute atomic E-state index is 0.0480. The van der Waals surface area contributed by atoms with E-state index in [1.807, 2.05) is 12.1 Å². The molecule has 3 aromatic rings. The number of methoxy groups -OCH3 is 1. The Hall–Kier alpha value is -3.00. The van der Waals surface area contributed by atoms with E-state index in [2.05, 4.69) is 9.88 Å². The summed E-state index contributed by atoms with van der Waals surface area (Å²) in [5, 5.41) is 3.68. The van der Waals surface area contributed by atoms with E-state index in [1.165, 1.54) is 0 Å². The second-order valence-electron chi connectivity index (χ2n) is 5.54. The molecule has 0 bridgehead atoms. The molecular weight excluding hydrogens is 356 g/mol. The molecule has 0 aliphatic heterocycles. The molecule has 0 aliphatic carbocycles. The first-order valence-corrected chi connectivity index (χ1v) is 9.25. The van der Waals surface area contributed by atoms with Gasteiger partial charge in [-0.1, -0.05) is 17.3 Å². The van der Waals surface area contributed by atoms with Gasteiger partial charge in [-0.3, -0.25) is 4.72 Å². The zero-order valence-corrected chi connectivity index (χ0v) is 15.3. The lowest BCUT2D eigenvalue weighted by atomic mass is 10.3. The molecular formula is C18H18N2O5S. The van der Waals surface area contributed by atoms with Crippen LogP contribution in [0.2, 0.25) is 0 Å². The monoisotopic (exact) mass is 374 g/mol. The van der Waals surface area contributed by atoms with Crippen LogP contribution >= 0.6 is 0 Å². The molecule has 0 atom stereocenters. The number of aryl methyl sites for hydroxylation is 2. The average Bonchev–Trinajstić information content (AvgIpc) is 2.96. The lowest BCUT2D eigenvalue weighted by Crippen LogP contribution is -2.14. The Labute approximate surface area is 151 Å². The molecule has 1 heterocycles. The van der Waals surface area contributed by atoms with Gasteiger partial charge in [0, 0.05) is 5.69 Å². The van der Waals surface area contributed by atoms with Crippen LogP contribution in [0.1, 0.15) is 11.5 Å². The number of para-hydroxylation sites is 2. The van der Waals surface area contributed by atoms with Gasteiger partial charge in [-0.25, -0.2) is 8.42 Å². The fourth-order valence-electron chi connectivity index (χ4n) is 2.49. The summed E-state index contributed by atoms with van der Waals surface area (Å²) in [7, 11) is -2.22. The van der Waals surface area contributed by atoms with Crippen LogP contribution in [0.15, 0.2) is 57.9 Å². The highest BCUT2D eigenvalue weighted by Crippen LogP contribution is 2.31. The highest BCUT2D eigenvalue weighted by atomic mass is 32.2. The van der Waals surface area contributed by atoms with Crippen LogP contribution in [0.5, 0.6) is 17.2 Å². The van der Waals surface area contributed by atoms with Crippen molar-refractivity contribution in [3.05, 3.63) is 60.0 Å². The van der Waals surface area contributed by atoms with Crippen LogP contribution in [-0.2, 0) is 10.0 Å². The number of hydrogen-bond acceptors (Lipinski definition) is 6. The predicted octanol–water partition coefficient (Wildman–Crippen LogP) is 3.89. The smallest absolute Gasteiger partial charge is 0.267 e. The lowest BCUT2D eigenvalue weighted by molar-refractivity contribution is 0.379. The Kier molecular flexibility index (Phi) is 4.85. The SMILES string of the molecule is COc1ccccc1Oc1ccc(NS(=O)(=O)c2c(C)noc2C)cc1. The van der Waals surface area contributed by atoms with Gasteiger partial charge in [0.25, 0.3) is 10.0 Å². The van der Waals surface area contributed by atoms with Crippen molar-refractivity contribution in [1.29, 1.82) is 0 Å². The van der Waals surface area contributed by atoms with E-state index < -0.39 is 10.0 Å². The van der Waals surface area contributed by atoms with E-state index in [0.29, 0.717) is 28.6 Å². The predicted molar refractivity (Wildman–Crippen MR) is 96.3 cm³/mol. The van der Waals surface area contributed by atoms with Crippen molar-refractivity contribution in [3.63, 3.8) is 0 Å². The molecule has 0 unspecified atom stereocenters. The summed E-state index contributed by atoms with van der Waals surface area (Å²) in [6.07, 6.45) is 0. The van der Waals surface area contributed by atoms with Gasteiger partial charge in [0.15, 0.2) is 22.2 Å². The van der Waals surface area contributed by atoms with Crippen LogP contribution < -0.4 is 14.2 Å². The molecule has 0 saturated carbocycles. The number of nitrogens with one attached hydrogen (secondary N) is 1. The van der Waals surface area contributed by atoms with Crippen molar-refractivity contribution >= 4 is 15.7 Å². The van der Waals surface area contributed by atoms with Crippen molar-refractivity contribution in [1.82, 2.24) is 5.16 Å². The molecule has 2 aromatic carbocycles. The molecule has 0 amide bonds. The number of ether oxygens (including phenoxy) is 2. The zero-order valence-electron chi connectivity index (χ0n) is 14.5. The summed E-state index contributed by atoms with van der Waals surface area (Å²) in [6, 6.07) is 13.8. The zero-order chi connectivity index (χ0) is 18.7. The summed E-state index contributed by atoms with van der Waals surface area (Å²) in [6.45, 7) is 3.13. The summed E-state index contributed by atoms with van der Waals surface area (Å²) in [5.74, 6) is 1.97. The number of hydrogen-bond donors (Lipinski definition) is 1. The third kappa shape index (κ3) is 3.65. The van der Waals surface area contributed by atoms with E-state index in [9.17, 15) is 8.42 Å². The highest BCUT2D eigenvalue weighted by Gasteiger charge is 2.24. The van der Waals surface area contributed by atoms with Gasteiger partial charge in [0.2, 0.25) is 0 Å². The topological polar surface area (TPSA) is 90.7 Å². The average molecular weight is 374 g/mol. The van der Waals surface area contributed by atoms with E-state index in [1.54, 1.807) is 57.4 Å². The van der Waals surface area contributed by atoms with Gasteiger partial charge >= 0.3 is 0 Å². The fourth-order valence-corrected chi connectivity index (χ4v) is 3.88. The van der Waals surface area contributed by atoms with Gasteiger partial charge in [0.1, 0.15) is 11.4 Å². The van der Waals surface area contributed by atoms with Gasteiger partial charge in [-0.2, -0.15) is 0 Å².